The van der Waals surface area contributed by atoms with Crippen molar-refractivity contribution in [2.75, 3.05) is 17.2 Å². The molecule has 1 amide bonds. The SMILES string of the molecule is O=C(COc1ccccc1)Nc1nc2n(n1)[C@H](c1ccc(F)cc1)C[C@@H](c1ccccc1)N2. The molecule has 0 spiro atoms. The predicted molar refractivity (Wildman–Crippen MR) is 123 cm³/mol. The first-order chi connectivity index (χ1) is 16.2. The number of rotatable bonds is 6. The summed E-state index contributed by atoms with van der Waals surface area (Å²) in [6.45, 7) is -0.157. The number of aromatic nitrogens is 3. The number of halogens is 1. The van der Waals surface area contributed by atoms with Crippen molar-refractivity contribution < 1.29 is 13.9 Å². The number of carbonyl (C=O) groups is 1. The molecule has 166 valence electrons. The maximum Gasteiger partial charge on any atom is 0.264 e. The molecule has 5 rings (SSSR count). The molecule has 0 saturated carbocycles. The third-order valence-corrected chi connectivity index (χ3v) is 5.51. The maximum absolute atomic E-state index is 13.5. The lowest BCUT2D eigenvalue weighted by Gasteiger charge is -2.31. The van der Waals surface area contributed by atoms with E-state index in [0.29, 0.717) is 18.1 Å². The van der Waals surface area contributed by atoms with Crippen LogP contribution >= 0.6 is 0 Å². The summed E-state index contributed by atoms with van der Waals surface area (Å²) in [7, 11) is 0. The minimum absolute atomic E-state index is 0.0112. The average molecular weight is 443 g/mol. The van der Waals surface area contributed by atoms with E-state index in [1.54, 1.807) is 28.9 Å². The largest absolute Gasteiger partial charge is 0.484 e. The number of amides is 1. The van der Waals surface area contributed by atoms with Gasteiger partial charge < -0.3 is 10.1 Å². The fourth-order valence-corrected chi connectivity index (χ4v) is 3.92. The molecule has 0 unspecified atom stereocenters. The van der Waals surface area contributed by atoms with Gasteiger partial charge in [0.25, 0.3) is 11.9 Å². The first kappa shape index (κ1) is 20.7. The Morgan fingerprint density at radius 3 is 2.42 bits per heavy atom. The summed E-state index contributed by atoms with van der Waals surface area (Å²) < 4.78 is 20.8. The van der Waals surface area contributed by atoms with Gasteiger partial charge in [0.2, 0.25) is 5.95 Å². The first-order valence-electron chi connectivity index (χ1n) is 10.7. The number of hydrogen-bond acceptors (Lipinski definition) is 5. The third kappa shape index (κ3) is 4.69. The molecule has 3 aromatic carbocycles. The highest BCUT2D eigenvalue weighted by molar-refractivity contribution is 5.90. The molecule has 2 atom stereocenters. The van der Waals surface area contributed by atoms with Gasteiger partial charge in [-0.15, -0.1) is 5.10 Å². The summed E-state index contributed by atoms with van der Waals surface area (Å²) in [5.41, 5.74) is 2.02. The second-order valence-electron chi connectivity index (χ2n) is 7.76. The Bertz CT molecular complexity index is 1230. The van der Waals surface area contributed by atoms with Gasteiger partial charge in [0, 0.05) is 0 Å². The number of nitrogens with zero attached hydrogens (tertiary/aromatic N) is 3. The Kier molecular flexibility index (Phi) is 5.72. The van der Waals surface area contributed by atoms with Crippen molar-refractivity contribution in [1.82, 2.24) is 14.8 Å². The molecule has 0 saturated heterocycles. The number of ether oxygens (including phenoxy) is 1. The Morgan fingerprint density at radius 2 is 1.70 bits per heavy atom. The van der Waals surface area contributed by atoms with Gasteiger partial charge >= 0.3 is 0 Å². The summed E-state index contributed by atoms with van der Waals surface area (Å²) in [6.07, 6.45) is 0.691. The van der Waals surface area contributed by atoms with Gasteiger partial charge in [0.05, 0.1) is 12.1 Å². The van der Waals surface area contributed by atoms with E-state index in [-0.39, 0.29) is 36.4 Å². The lowest BCUT2D eigenvalue weighted by molar-refractivity contribution is -0.118. The Balaban J connectivity index is 1.38. The lowest BCUT2D eigenvalue weighted by atomic mass is 9.93. The molecule has 2 N–H and O–H groups in total. The normalized spacial score (nSPS) is 17.0. The fourth-order valence-electron chi connectivity index (χ4n) is 3.92. The summed E-state index contributed by atoms with van der Waals surface area (Å²) >= 11 is 0. The highest BCUT2D eigenvalue weighted by Gasteiger charge is 2.31. The van der Waals surface area contributed by atoms with Gasteiger partial charge in [-0.05, 0) is 41.8 Å². The molecule has 0 radical (unpaired) electrons. The highest BCUT2D eigenvalue weighted by atomic mass is 19.1. The zero-order valence-corrected chi connectivity index (χ0v) is 17.7. The molecule has 8 heteroatoms. The fraction of sp³-hybridized carbons (Fsp3) is 0.160. The van der Waals surface area contributed by atoms with Gasteiger partial charge in [-0.3, -0.25) is 10.1 Å². The Morgan fingerprint density at radius 1 is 1.00 bits per heavy atom. The lowest BCUT2D eigenvalue weighted by Crippen LogP contribution is -2.28. The van der Waals surface area contributed by atoms with Crippen molar-refractivity contribution in [2.45, 2.75) is 18.5 Å². The van der Waals surface area contributed by atoms with E-state index >= 15 is 0 Å². The average Bonchev–Trinajstić information content (AvgIpc) is 3.26. The van der Waals surface area contributed by atoms with E-state index in [1.165, 1.54) is 12.1 Å². The summed E-state index contributed by atoms with van der Waals surface area (Å²) in [5.74, 6) is 0.661. The van der Waals surface area contributed by atoms with Crippen LogP contribution in [0, 0.1) is 5.82 Å². The topological polar surface area (TPSA) is 81.1 Å². The summed E-state index contributed by atoms with van der Waals surface area (Å²) in [6, 6.07) is 25.4. The smallest absolute Gasteiger partial charge is 0.264 e. The van der Waals surface area contributed by atoms with Crippen LogP contribution in [0.4, 0.5) is 16.3 Å². The molecular weight excluding hydrogens is 421 g/mol. The van der Waals surface area contributed by atoms with Crippen LogP contribution in [0.25, 0.3) is 0 Å². The first-order valence-corrected chi connectivity index (χ1v) is 10.7. The Hall–Kier alpha value is -4.20. The minimum atomic E-state index is -0.361. The molecule has 33 heavy (non-hydrogen) atoms. The number of para-hydroxylation sites is 1. The number of nitrogens with one attached hydrogen (secondary N) is 2. The molecular formula is C25H22FN5O2. The van der Waals surface area contributed by atoms with Gasteiger partial charge in [-0.1, -0.05) is 60.7 Å². The second kappa shape index (κ2) is 9.12. The molecule has 4 aromatic rings. The quantitative estimate of drug-likeness (QED) is 0.456. The van der Waals surface area contributed by atoms with Gasteiger partial charge in [0.1, 0.15) is 11.6 Å². The minimum Gasteiger partial charge on any atom is -0.484 e. The van der Waals surface area contributed by atoms with E-state index in [4.69, 9.17) is 4.74 Å². The zero-order chi connectivity index (χ0) is 22.6. The van der Waals surface area contributed by atoms with Crippen LogP contribution in [0.1, 0.15) is 29.6 Å². The number of benzene rings is 3. The van der Waals surface area contributed by atoms with Gasteiger partial charge in [-0.2, -0.15) is 4.98 Å². The van der Waals surface area contributed by atoms with Crippen molar-refractivity contribution >= 4 is 17.8 Å². The molecule has 0 aliphatic carbocycles. The van der Waals surface area contributed by atoms with Crippen molar-refractivity contribution in [2.24, 2.45) is 0 Å². The van der Waals surface area contributed by atoms with E-state index in [1.807, 2.05) is 36.4 Å². The zero-order valence-electron chi connectivity index (χ0n) is 17.7. The van der Waals surface area contributed by atoms with E-state index < -0.39 is 0 Å². The highest BCUT2D eigenvalue weighted by Crippen LogP contribution is 2.38. The number of fused-ring (bicyclic) bond motifs is 1. The van der Waals surface area contributed by atoms with Crippen LogP contribution in [-0.4, -0.2) is 27.3 Å². The van der Waals surface area contributed by atoms with Crippen LogP contribution in [0.2, 0.25) is 0 Å². The standard InChI is InChI=1S/C25H22FN5O2/c26-19-13-11-18(12-14-19)22-15-21(17-7-3-1-4-8-17)27-25-29-24(30-31(22)25)28-23(32)16-33-20-9-5-2-6-10-20/h1-14,21-22H,15-16H2,(H2,27,28,29,30,32)/t21-,22-/m0/s1. The van der Waals surface area contributed by atoms with Crippen LogP contribution < -0.4 is 15.4 Å². The van der Waals surface area contributed by atoms with E-state index in [0.717, 1.165) is 11.1 Å². The Labute approximate surface area is 190 Å². The predicted octanol–water partition coefficient (Wildman–Crippen LogP) is 4.58. The van der Waals surface area contributed by atoms with Crippen molar-refractivity contribution in [3.05, 3.63) is 102 Å². The molecule has 1 aliphatic heterocycles. The number of anilines is 2. The maximum atomic E-state index is 13.5. The molecule has 2 heterocycles. The van der Waals surface area contributed by atoms with Crippen LogP contribution in [0.3, 0.4) is 0 Å². The number of carbonyl (C=O) groups excluding carboxylic acids is 1. The molecule has 1 aliphatic rings. The number of hydrogen-bond donors (Lipinski definition) is 2. The van der Waals surface area contributed by atoms with Gasteiger partial charge in [-0.25, -0.2) is 9.07 Å². The van der Waals surface area contributed by atoms with Gasteiger partial charge in [0.15, 0.2) is 6.61 Å². The van der Waals surface area contributed by atoms with E-state index in [9.17, 15) is 9.18 Å². The summed E-state index contributed by atoms with van der Waals surface area (Å²) in [4.78, 5) is 16.9. The summed E-state index contributed by atoms with van der Waals surface area (Å²) in [5, 5.41) is 10.6. The molecule has 0 fully saturated rings. The van der Waals surface area contributed by atoms with Crippen LogP contribution in [0.15, 0.2) is 84.9 Å². The van der Waals surface area contributed by atoms with Crippen molar-refractivity contribution in [3.8, 4) is 5.75 Å². The molecule has 0 bridgehead atoms. The van der Waals surface area contributed by atoms with Crippen LogP contribution in [0.5, 0.6) is 5.75 Å². The third-order valence-electron chi connectivity index (χ3n) is 5.51. The van der Waals surface area contributed by atoms with Crippen molar-refractivity contribution in [1.29, 1.82) is 0 Å². The monoisotopic (exact) mass is 443 g/mol. The van der Waals surface area contributed by atoms with E-state index in [2.05, 4.69) is 32.8 Å². The molecule has 1 aromatic heterocycles. The van der Waals surface area contributed by atoms with Crippen LogP contribution in [-0.2, 0) is 4.79 Å². The molecule has 7 nitrogen and oxygen atoms in total. The second-order valence-corrected chi connectivity index (χ2v) is 7.76. The van der Waals surface area contributed by atoms with Crippen molar-refractivity contribution in [3.63, 3.8) is 0 Å².